The molecule has 0 aliphatic heterocycles. The van der Waals surface area contributed by atoms with Crippen LogP contribution in [0.25, 0.3) is 0 Å². The van der Waals surface area contributed by atoms with Crippen LogP contribution >= 0.6 is 0 Å². The monoisotopic (exact) mass is 266 g/mol. The van der Waals surface area contributed by atoms with E-state index in [1.54, 1.807) is 0 Å². The zero-order valence-corrected chi connectivity index (χ0v) is 12.9. The average Bonchev–Trinajstić information content (AvgIpc) is 2.74. The van der Waals surface area contributed by atoms with Gasteiger partial charge in [0.15, 0.2) is 0 Å². The number of aliphatic hydroxyl groups excluding tert-OH is 1. The number of unbranched alkanes of at least 4 members (excludes halogenated alkanes) is 1. The SMILES string of the molecule is CCCCC1CCC(C(O)C2CCCCCC2)CC1. The highest BCUT2D eigenvalue weighted by Gasteiger charge is 2.31. The van der Waals surface area contributed by atoms with E-state index in [9.17, 15) is 5.11 Å². The summed E-state index contributed by atoms with van der Waals surface area (Å²) in [4.78, 5) is 0. The van der Waals surface area contributed by atoms with Gasteiger partial charge in [0.25, 0.3) is 0 Å². The number of hydrogen-bond donors (Lipinski definition) is 1. The Morgan fingerprint density at radius 1 is 0.842 bits per heavy atom. The van der Waals surface area contributed by atoms with Crippen LogP contribution in [0, 0.1) is 17.8 Å². The molecule has 1 unspecified atom stereocenters. The van der Waals surface area contributed by atoms with Crippen LogP contribution in [0.4, 0.5) is 0 Å². The van der Waals surface area contributed by atoms with E-state index in [1.807, 2.05) is 0 Å². The van der Waals surface area contributed by atoms with Crippen LogP contribution in [0.1, 0.15) is 90.4 Å². The first-order chi connectivity index (χ1) is 9.31. The van der Waals surface area contributed by atoms with Crippen molar-refractivity contribution in [3.63, 3.8) is 0 Å². The molecule has 0 bridgehead atoms. The summed E-state index contributed by atoms with van der Waals surface area (Å²) in [6, 6.07) is 0. The topological polar surface area (TPSA) is 20.2 Å². The maximum atomic E-state index is 10.7. The van der Waals surface area contributed by atoms with Crippen molar-refractivity contribution >= 4 is 0 Å². The summed E-state index contributed by atoms with van der Waals surface area (Å²) in [5, 5.41) is 10.7. The van der Waals surface area contributed by atoms with Crippen LogP contribution in [0.5, 0.6) is 0 Å². The number of aliphatic hydroxyl groups is 1. The van der Waals surface area contributed by atoms with Gasteiger partial charge < -0.3 is 5.11 Å². The van der Waals surface area contributed by atoms with Crippen molar-refractivity contribution in [2.75, 3.05) is 0 Å². The van der Waals surface area contributed by atoms with Crippen LogP contribution in [-0.4, -0.2) is 11.2 Å². The quantitative estimate of drug-likeness (QED) is 0.668. The summed E-state index contributed by atoms with van der Waals surface area (Å²) in [7, 11) is 0. The first-order valence-electron chi connectivity index (χ1n) is 8.99. The molecule has 2 rings (SSSR count). The molecule has 112 valence electrons. The van der Waals surface area contributed by atoms with Gasteiger partial charge in [0.2, 0.25) is 0 Å². The van der Waals surface area contributed by atoms with E-state index in [1.165, 1.54) is 83.5 Å². The van der Waals surface area contributed by atoms with E-state index in [-0.39, 0.29) is 6.10 Å². The molecule has 0 saturated heterocycles. The minimum absolute atomic E-state index is 0.0187. The Labute approximate surface area is 120 Å². The first kappa shape index (κ1) is 15.4. The summed E-state index contributed by atoms with van der Waals surface area (Å²) in [6.07, 6.45) is 17.6. The summed E-state index contributed by atoms with van der Waals surface area (Å²) in [5.74, 6) is 2.22. The molecule has 0 aromatic carbocycles. The van der Waals surface area contributed by atoms with Crippen molar-refractivity contribution in [3.8, 4) is 0 Å². The number of hydrogen-bond acceptors (Lipinski definition) is 1. The molecule has 0 heterocycles. The third kappa shape index (κ3) is 4.77. The third-order valence-corrected chi connectivity index (χ3v) is 5.72. The van der Waals surface area contributed by atoms with Crippen LogP contribution < -0.4 is 0 Å². The van der Waals surface area contributed by atoms with Crippen LogP contribution in [0.15, 0.2) is 0 Å². The standard InChI is InChI=1S/C18H34O/c1-2-3-8-15-11-13-17(14-12-15)18(19)16-9-6-4-5-7-10-16/h15-19H,2-14H2,1H3. The fourth-order valence-electron chi connectivity index (χ4n) is 4.35. The van der Waals surface area contributed by atoms with Crippen molar-refractivity contribution < 1.29 is 5.11 Å². The predicted octanol–water partition coefficient (Wildman–Crippen LogP) is 5.31. The Kier molecular flexibility index (Phi) is 6.70. The van der Waals surface area contributed by atoms with Gasteiger partial charge in [-0.05, 0) is 43.4 Å². The Morgan fingerprint density at radius 2 is 1.42 bits per heavy atom. The second-order valence-corrected chi connectivity index (χ2v) is 7.17. The Balaban J connectivity index is 1.73. The van der Waals surface area contributed by atoms with E-state index < -0.39 is 0 Å². The normalized spacial score (nSPS) is 31.9. The van der Waals surface area contributed by atoms with E-state index in [4.69, 9.17) is 0 Å². The Bertz CT molecular complexity index is 222. The highest BCUT2D eigenvalue weighted by atomic mass is 16.3. The lowest BCUT2D eigenvalue weighted by molar-refractivity contribution is 0.0195. The molecule has 0 aromatic heterocycles. The average molecular weight is 266 g/mol. The summed E-state index contributed by atoms with van der Waals surface area (Å²) < 4.78 is 0. The van der Waals surface area contributed by atoms with Crippen LogP contribution in [-0.2, 0) is 0 Å². The predicted molar refractivity (Wildman–Crippen MR) is 82.2 cm³/mol. The van der Waals surface area contributed by atoms with E-state index in [0.29, 0.717) is 11.8 Å². The summed E-state index contributed by atoms with van der Waals surface area (Å²) >= 11 is 0. The molecule has 2 fully saturated rings. The third-order valence-electron chi connectivity index (χ3n) is 5.72. The molecule has 19 heavy (non-hydrogen) atoms. The first-order valence-corrected chi connectivity index (χ1v) is 8.99. The van der Waals surface area contributed by atoms with Gasteiger partial charge in [0.05, 0.1) is 6.10 Å². The molecule has 2 aliphatic carbocycles. The van der Waals surface area contributed by atoms with Crippen LogP contribution in [0.2, 0.25) is 0 Å². The Hall–Kier alpha value is -0.0400. The fraction of sp³-hybridized carbons (Fsp3) is 1.00. The molecule has 1 nitrogen and oxygen atoms in total. The van der Waals surface area contributed by atoms with Gasteiger partial charge >= 0.3 is 0 Å². The number of rotatable bonds is 5. The zero-order chi connectivity index (χ0) is 13.5. The van der Waals surface area contributed by atoms with E-state index >= 15 is 0 Å². The maximum absolute atomic E-state index is 10.7. The van der Waals surface area contributed by atoms with Crippen molar-refractivity contribution in [3.05, 3.63) is 0 Å². The molecule has 0 amide bonds. The molecule has 0 spiro atoms. The van der Waals surface area contributed by atoms with Gasteiger partial charge in [-0.25, -0.2) is 0 Å². The molecule has 1 atom stereocenters. The zero-order valence-electron chi connectivity index (χ0n) is 12.9. The summed E-state index contributed by atoms with van der Waals surface area (Å²) in [6.45, 7) is 2.29. The van der Waals surface area contributed by atoms with Crippen molar-refractivity contribution in [1.29, 1.82) is 0 Å². The largest absolute Gasteiger partial charge is 0.393 e. The lowest BCUT2D eigenvalue weighted by atomic mass is 9.74. The van der Waals surface area contributed by atoms with Gasteiger partial charge in [-0.15, -0.1) is 0 Å². The second kappa shape index (κ2) is 8.29. The molecule has 0 radical (unpaired) electrons. The minimum Gasteiger partial charge on any atom is -0.393 e. The Morgan fingerprint density at radius 3 is 2.00 bits per heavy atom. The maximum Gasteiger partial charge on any atom is 0.0596 e. The molecule has 0 aromatic rings. The van der Waals surface area contributed by atoms with Gasteiger partial charge in [-0.1, -0.05) is 64.7 Å². The lowest BCUT2D eigenvalue weighted by Crippen LogP contribution is -2.32. The molecule has 1 N–H and O–H groups in total. The minimum atomic E-state index is 0.0187. The molecular formula is C18H34O. The molecule has 2 aliphatic rings. The highest BCUT2D eigenvalue weighted by Crippen LogP contribution is 2.38. The van der Waals surface area contributed by atoms with Crippen molar-refractivity contribution in [2.24, 2.45) is 17.8 Å². The highest BCUT2D eigenvalue weighted by molar-refractivity contribution is 4.82. The van der Waals surface area contributed by atoms with E-state index in [0.717, 1.165) is 5.92 Å². The second-order valence-electron chi connectivity index (χ2n) is 7.17. The smallest absolute Gasteiger partial charge is 0.0596 e. The van der Waals surface area contributed by atoms with Gasteiger partial charge in [0.1, 0.15) is 0 Å². The molecule has 1 heteroatoms. The van der Waals surface area contributed by atoms with Crippen LogP contribution in [0.3, 0.4) is 0 Å². The summed E-state index contributed by atoms with van der Waals surface area (Å²) in [5.41, 5.74) is 0. The van der Waals surface area contributed by atoms with Crippen molar-refractivity contribution in [1.82, 2.24) is 0 Å². The van der Waals surface area contributed by atoms with Gasteiger partial charge in [-0.3, -0.25) is 0 Å². The van der Waals surface area contributed by atoms with Gasteiger partial charge in [0, 0.05) is 0 Å². The van der Waals surface area contributed by atoms with Gasteiger partial charge in [-0.2, -0.15) is 0 Å². The van der Waals surface area contributed by atoms with E-state index in [2.05, 4.69) is 6.92 Å². The lowest BCUT2D eigenvalue weighted by Gasteiger charge is -2.35. The molecular weight excluding hydrogens is 232 g/mol. The van der Waals surface area contributed by atoms with Crippen molar-refractivity contribution in [2.45, 2.75) is 96.5 Å². The fourth-order valence-corrected chi connectivity index (χ4v) is 4.35. The molecule has 2 saturated carbocycles.